The number of halogens is 1. The number of hydrogen-bond acceptors (Lipinski definition) is 2. The molecule has 0 amide bonds. The number of Topliss-reactive ketones (excluding diaryl/α,β-unsaturated/α-hetero) is 1. The van der Waals surface area contributed by atoms with Crippen LogP contribution in [0, 0.1) is 5.92 Å². The first kappa shape index (κ1) is 15.4. The second kappa shape index (κ2) is 6.62. The van der Waals surface area contributed by atoms with Gasteiger partial charge in [0.05, 0.1) is 11.1 Å². The molecule has 2 unspecified atom stereocenters. The lowest BCUT2D eigenvalue weighted by Crippen LogP contribution is -2.06. The normalized spacial score (nSPS) is 22.2. The van der Waals surface area contributed by atoms with Crippen molar-refractivity contribution in [3.05, 3.63) is 28.8 Å². The molecular weight excluding hydrogens is 272 g/mol. The lowest BCUT2D eigenvalue weighted by molar-refractivity contribution is -0.117. The van der Waals surface area contributed by atoms with E-state index in [-0.39, 0.29) is 6.10 Å². The summed E-state index contributed by atoms with van der Waals surface area (Å²) in [5.74, 6) is 2.13. The molecule has 2 nitrogen and oxygen atoms in total. The van der Waals surface area contributed by atoms with Gasteiger partial charge in [-0.3, -0.25) is 0 Å². The predicted octanol–water partition coefficient (Wildman–Crippen LogP) is 4.99. The third-order valence-corrected chi connectivity index (χ3v) is 4.20. The number of carbonyl (C=O) groups is 1. The van der Waals surface area contributed by atoms with E-state index in [4.69, 9.17) is 16.3 Å². The van der Waals surface area contributed by atoms with Crippen LogP contribution in [0.1, 0.15) is 57.9 Å². The van der Waals surface area contributed by atoms with Crippen LogP contribution in [-0.2, 0) is 4.79 Å². The molecule has 0 N–H and O–H groups in total. The quantitative estimate of drug-likeness (QED) is 0.764. The van der Waals surface area contributed by atoms with E-state index in [1.54, 1.807) is 6.92 Å². The van der Waals surface area contributed by atoms with Gasteiger partial charge in [-0.2, -0.15) is 0 Å². The van der Waals surface area contributed by atoms with Gasteiger partial charge in [0.1, 0.15) is 11.5 Å². The van der Waals surface area contributed by atoms with Crippen LogP contribution in [0.15, 0.2) is 18.2 Å². The number of ketones is 1. The molecule has 2 rings (SSSR count). The van der Waals surface area contributed by atoms with Crippen molar-refractivity contribution in [3.8, 4) is 5.75 Å². The summed E-state index contributed by atoms with van der Waals surface area (Å²) < 4.78 is 5.66. The monoisotopic (exact) mass is 294 g/mol. The molecule has 0 bridgehead atoms. The zero-order valence-corrected chi connectivity index (χ0v) is 13.2. The minimum absolute atomic E-state index is 0.129. The maximum atomic E-state index is 11.2. The van der Waals surface area contributed by atoms with Gasteiger partial charge in [-0.15, -0.1) is 0 Å². The molecule has 0 spiro atoms. The standard InChI is InChI=1S/C17H23ClO2/c1-11(2)20-17-7-6-15(10-16(17)18)14-5-4-13(9-14)8-12(3)19/h6-7,10-11,13-14H,4-5,8-9H2,1-3H3. The van der Waals surface area contributed by atoms with Crippen LogP contribution in [0.5, 0.6) is 5.75 Å². The van der Waals surface area contributed by atoms with E-state index in [1.165, 1.54) is 5.56 Å². The Hall–Kier alpha value is -1.02. The van der Waals surface area contributed by atoms with Crippen molar-refractivity contribution < 1.29 is 9.53 Å². The Morgan fingerprint density at radius 2 is 2.15 bits per heavy atom. The Kier molecular flexibility index (Phi) is 5.09. The van der Waals surface area contributed by atoms with E-state index in [9.17, 15) is 4.79 Å². The van der Waals surface area contributed by atoms with Gasteiger partial charge in [0.2, 0.25) is 0 Å². The minimum Gasteiger partial charge on any atom is -0.489 e. The molecule has 1 fully saturated rings. The fraction of sp³-hybridized carbons (Fsp3) is 0.588. The second-order valence-electron chi connectivity index (χ2n) is 6.14. The number of ether oxygens (including phenoxy) is 1. The summed E-state index contributed by atoms with van der Waals surface area (Å²) in [7, 11) is 0. The van der Waals surface area contributed by atoms with Gasteiger partial charge >= 0.3 is 0 Å². The fourth-order valence-corrected chi connectivity index (χ4v) is 3.32. The highest BCUT2D eigenvalue weighted by Gasteiger charge is 2.27. The molecule has 2 atom stereocenters. The van der Waals surface area contributed by atoms with Crippen molar-refractivity contribution >= 4 is 17.4 Å². The molecule has 1 aromatic rings. The van der Waals surface area contributed by atoms with Gasteiger partial charge in [0, 0.05) is 6.42 Å². The van der Waals surface area contributed by atoms with Gasteiger partial charge < -0.3 is 9.53 Å². The Bertz CT molecular complexity index is 482. The maximum Gasteiger partial charge on any atom is 0.138 e. The van der Waals surface area contributed by atoms with Crippen LogP contribution in [-0.4, -0.2) is 11.9 Å². The van der Waals surface area contributed by atoms with Crippen molar-refractivity contribution in [1.29, 1.82) is 0 Å². The predicted molar refractivity (Wildman–Crippen MR) is 82.6 cm³/mol. The van der Waals surface area contributed by atoms with Crippen molar-refractivity contribution in [2.24, 2.45) is 5.92 Å². The van der Waals surface area contributed by atoms with Crippen LogP contribution in [0.4, 0.5) is 0 Å². The minimum atomic E-state index is 0.129. The zero-order valence-electron chi connectivity index (χ0n) is 12.5. The summed E-state index contributed by atoms with van der Waals surface area (Å²) in [6.07, 6.45) is 4.24. The van der Waals surface area contributed by atoms with Crippen molar-refractivity contribution in [2.45, 2.75) is 58.5 Å². The van der Waals surface area contributed by atoms with Crippen molar-refractivity contribution in [1.82, 2.24) is 0 Å². The first-order chi connectivity index (χ1) is 9.45. The molecule has 110 valence electrons. The highest BCUT2D eigenvalue weighted by molar-refractivity contribution is 6.32. The third kappa shape index (κ3) is 3.99. The summed E-state index contributed by atoms with van der Waals surface area (Å²) in [6.45, 7) is 5.67. The fourth-order valence-electron chi connectivity index (χ4n) is 3.09. The summed E-state index contributed by atoms with van der Waals surface area (Å²) in [5.41, 5.74) is 1.28. The van der Waals surface area contributed by atoms with Crippen LogP contribution < -0.4 is 4.74 Å². The highest BCUT2D eigenvalue weighted by atomic mass is 35.5. The summed E-state index contributed by atoms with van der Waals surface area (Å²) in [4.78, 5) is 11.2. The SMILES string of the molecule is CC(=O)CC1CCC(c2ccc(OC(C)C)c(Cl)c2)C1. The first-order valence-corrected chi connectivity index (χ1v) is 7.79. The van der Waals surface area contributed by atoms with Crippen LogP contribution in [0.3, 0.4) is 0 Å². The van der Waals surface area contributed by atoms with Gasteiger partial charge in [0.15, 0.2) is 0 Å². The number of benzene rings is 1. The lowest BCUT2D eigenvalue weighted by Gasteiger charge is -2.15. The zero-order chi connectivity index (χ0) is 14.7. The Morgan fingerprint density at radius 1 is 1.40 bits per heavy atom. The molecule has 1 aliphatic carbocycles. The average Bonchev–Trinajstić information content (AvgIpc) is 2.78. The molecule has 1 saturated carbocycles. The number of hydrogen-bond donors (Lipinski definition) is 0. The molecule has 0 aliphatic heterocycles. The van der Waals surface area contributed by atoms with Crippen LogP contribution >= 0.6 is 11.6 Å². The maximum absolute atomic E-state index is 11.2. The molecular formula is C17H23ClO2. The van der Waals surface area contributed by atoms with E-state index in [2.05, 4.69) is 6.07 Å². The third-order valence-electron chi connectivity index (χ3n) is 3.91. The summed E-state index contributed by atoms with van der Waals surface area (Å²) >= 11 is 6.29. The van der Waals surface area contributed by atoms with Crippen LogP contribution in [0.2, 0.25) is 5.02 Å². The molecule has 0 radical (unpaired) electrons. The Morgan fingerprint density at radius 3 is 2.75 bits per heavy atom. The van der Waals surface area contributed by atoms with E-state index < -0.39 is 0 Å². The lowest BCUT2D eigenvalue weighted by atomic mass is 9.94. The molecule has 20 heavy (non-hydrogen) atoms. The van der Waals surface area contributed by atoms with E-state index >= 15 is 0 Å². The molecule has 1 aliphatic rings. The molecule has 1 aromatic carbocycles. The highest BCUT2D eigenvalue weighted by Crippen LogP contribution is 2.41. The van der Waals surface area contributed by atoms with Crippen LogP contribution in [0.25, 0.3) is 0 Å². The average molecular weight is 295 g/mol. The van der Waals surface area contributed by atoms with Gasteiger partial charge in [-0.25, -0.2) is 0 Å². The number of carbonyl (C=O) groups excluding carboxylic acids is 1. The second-order valence-corrected chi connectivity index (χ2v) is 6.55. The Labute approximate surface area is 126 Å². The Balaban J connectivity index is 2.03. The molecule has 0 heterocycles. The first-order valence-electron chi connectivity index (χ1n) is 7.41. The van der Waals surface area contributed by atoms with E-state index in [0.717, 1.165) is 31.4 Å². The molecule has 3 heteroatoms. The number of rotatable bonds is 5. The van der Waals surface area contributed by atoms with Crippen molar-refractivity contribution in [2.75, 3.05) is 0 Å². The largest absolute Gasteiger partial charge is 0.489 e. The molecule has 0 aromatic heterocycles. The molecule has 0 saturated heterocycles. The van der Waals surface area contributed by atoms with E-state index in [1.807, 2.05) is 26.0 Å². The van der Waals surface area contributed by atoms with E-state index in [0.29, 0.717) is 22.6 Å². The van der Waals surface area contributed by atoms with Gasteiger partial charge in [-0.1, -0.05) is 17.7 Å². The van der Waals surface area contributed by atoms with Gasteiger partial charge in [0.25, 0.3) is 0 Å². The summed E-state index contributed by atoms with van der Waals surface area (Å²) in [6, 6.07) is 6.11. The topological polar surface area (TPSA) is 26.3 Å². The van der Waals surface area contributed by atoms with Crippen molar-refractivity contribution in [3.63, 3.8) is 0 Å². The summed E-state index contributed by atoms with van der Waals surface area (Å²) in [5, 5.41) is 0.686. The smallest absolute Gasteiger partial charge is 0.138 e. The van der Waals surface area contributed by atoms with Gasteiger partial charge in [-0.05, 0) is 69.6 Å².